The second-order valence-electron chi connectivity index (χ2n) is 7.50. The Balaban J connectivity index is 0.00000168. The largest absolute Gasteiger partial charge is 0.464 e. The first-order chi connectivity index (χ1) is 12.0. The lowest BCUT2D eigenvalue weighted by Crippen LogP contribution is -2.28. The predicted octanol–water partition coefficient (Wildman–Crippen LogP) is 5.82. The Labute approximate surface area is 156 Å². The van der Waals surface area contributed by atoms with E-state index in [-0.39, 0.29) is 23.6 Å². The fourth-order valence-electron chi connectivity index (χ4n) is 3.88. The van der Waals surface area contributed by atoms with Crippen LogP contribution in [0, 0.1) is 5.41 Å². The number of rotatable bonds is 1. The van der Waals surface area contributed by atoms with Gasteiger partial charge in [0, 0.05) is 11.8 Å². The van der Waals surface area contributed by atoms with E-state index in [2.05, 4.69) is 13.8 Å². The number of furan rings is 2. The fraction of sp³-hybridized carbons (Fsp3) is 0.238. The first-order valence-electron chi connectivity index (χ1n) is 8.45. The van der Waals surface area contributed by atoms with Gasteiger partial charge >= 0.3 is 0 Å². The van der Waals surface area contributed by atoms with Crippen LogP contribution < -0.4 is 0 Å². The Kier molecular flexibility index (Phi) is 3.70. The number of halogens is 1. The van der Waals surface area contributed by atoms with Crippen LogP contribution in [0.3, 0.4) is 0 Å². The molecule has 4 aromatic rings. The van der Waals surface area contributed by atoms with Crippen molar-refractivity contribution >= 4 is 40.3 Å². The van der Waals surface area contributed by atoms with Crippen LogP contribution in [0.2, 0.25) is 0 Å². The van der Waals surface area contributed by atoms with Crippen LogP contribution in [0.1, 0.15) is 36.3 Å². The lowest BCUT2D eigenvalue weighted by atomic mass is 9.74. The minimum absolute atomic E-state index is 0. The molecule has 0 amide bonds. The Bertz CT molecular complexity index is 1140. The molecule has 1 aliphatic carbocycles. The molecule has 3 aromatic heterocycles. The molecule has 3 heterocycles. The van der Waals surface area contributed by atoms with E-state index in [1.54, 1.807) is 6.26 Å². The number of carbonyl (C=O) groups excluding carboxylic acids is 1. The van der Waals surface area contributed by atoms with Crippen LogP contribution in [-0.4, -0.2) is 10.8 Å². The van der Waals surface area contributed by atoms with Crippen molar-refractivity contribution in [1.29, 1.82) is 0 Å². The molecule has 0 saturated carbocycles. The van der Waals surface area contributed by atoms with Crippen LogP contribution in [0.15, 0.2) is 51.5 Å². The molecule has 5 rings (SSSR count). The van der Waals surface area contributed by atoms with Gasteiger partial charge in [0.2, 0.25) is 0 Å². The summed E-state index contributed by atoms with van der Waals surface area (Å²) >= 11 is 0. The lowest BCUT2D eigenvalue weighted by molar-refractivity contribution is 0.0911. The number of aromatic nitrogens is 1. The number of hydrogen-bond donors (Lipinski definition) is 0. The maximum absolute atomic E-state index is 13.0. The van der Waals surface area contributed by atoms with Crippen molar-refractivity contribution in [3.05, 3.63) is 53.9 Å². The predicted molar refractivity (Wildman–Crippen MR) is 103 cm³/mol. The average Bonchev–Trinajstić information content (AvgIpc) is 3.19. The van der Waals surface area contributed by atoms with E-state index < -0.39 is 0 Å². The third kappa shape index (κ3) is 2.36. The Morgan fingerprint density at radius 2 is 1.85 bits per heavy atom. The highest BCUT2D eigenvalue weighted by atomic mass is 35.5. The van der Waals surface area contributed by atoms with Crippen molar-refractivity contribution in [2.75, 3.05) is 0 Å². The van der Waals surface area contributed by atoms with Crippen LogP contribution in [0.5, 0.6) is 0 Å². The second-order valence-corrected chi connectivity index (χ2v) is 7.50. The maximum Gasteiger partial charge on any atom is 0.166 e. The van der Waals surface area contributed by atoms with Gasteiger partial charge in [-0.1, -0.05) is 26.0 Å². The molecule has 0 fully saturated rings. The van der Waals surface area contributed by atoms with Crippen LogP contribution in [0.4, 0.5) is 0 Å². The zero-order valence-electron chi connectivity index (χ0n) is 14.5. The number of nitrogens with zero attached hydrogens (tertiary/aromatic N) is 1. The molecule has 5 heteroatoms. The average molecular weight is 368 g/mol. The standard InChI is InChI=1S/C21H17NO3.ClH/c1-21(2)10-13-17(14(23)11-21)18(16-8-5-9-24-16)20-19(22-13)12-6-3-4-7-15(12)25-20;/h3-9H,10-11H2,1-2H3;1H. The smallest absolute Gasteiger partial charge is 0.166 e. The van der Waals surface area contributed by atoms with Crippen molar-refractivity contribution in [2.45, 2.75) is 26.7 Å². The van der Waals surface area contributed by atoms with Crippen LogP contribution in [-0.2, 0) is 6.42 Å². The molecule has 1 aliphatic rings. The molecule has 0 saturated heterocycles. The molecule has 4 nitrogen and oxygen atoms in total. The van der Waals surface area contributed by atoms with Gasteiger partial charge in [-0.05, 0) is 36.1 Å². The highest BCUT2D eigenvalue weighted by Crippen LogP contribution is 2.43. The van der Waals surface area contributed by atoms with E-state index in [4.69, 9.17) is 13.8 Å². The second kappa shape index (κ2) is 5.71. The summed E-state index contributed by atoms with van der Waals surface area (Å²) in [5, 5.41) is 0.962. The van der Waals surface area contributed by atoms with Gasteiger partial charge in [0.05, 0.1) is 23.1 Å². The van der Waals surface area contributed by atoms with E-state index in [0.29, 0.717) is 23.3 Å². The first kappa shape index (κ1) is 16.9. The quantitative estimate of drug-likeness (QED) is 0.425. The van der Waals surface area contributed by atoms with Crippen molar-refractivity contribution in [3.8, 4) is 11.3 Å². The minimum Gasteiger partial charge on any atom is -0.464 e. The van der Waals surface area contributed by atoms with Gasteiger partial charge in [0.15, 0.2) is 11.4 Å². The topological polar surface area (TPSA) is 56.2 Å². The van der Waals surface area contributed by atoms with Crippen LogP contribution >= 0.6 is 12.4 Å². The highest BCUT2D eigenvalue weighted by Gasteiger charge is 2.36. The van der Waals surface area contributed by atoms with Gasteiger partial charge in [0.25, 0.3) is 0 Å². The molecule has 0 atom stereocenters. The van der Waals surface area contributed by atoms with Gasteiger partial charge in [0.1, 0.15) is 16.9 Å². The lowest BCUT2D eigenvalue weighted by Gasteiger charge is -2.30. The summed E-state index contributed by atoms with van der Waals surface area (Å²) in [6, 6.07) is 11.5. The summed E-state index contributed by atoms with van der Waals surface area (Å²) in [6.45, 7) is 4.22. The summed E-state index contributed by atoms with van der Waals surface area (Å²) in [5.74, 6) is 0.753. The summed E-state index contributed by atoms with van der Waals surface area (Å²) < 4.78 is 11.7. The molecule has 26 heavy (non-hydrogen) atoms. The van der Waals surface area contributed by atoms with Gasteiger partial charge < -0.3 is 8.83 Å². The highest BCUT2D eigenvalue weighted by molar-refractivity contribution is 6.14. The van der Waals surface area contributed by atoms with E-state index in [1.807, 2.05) is 36.4 Å². The van der Waals surface area contributed by atoms with E-state index in [9.17, 15) is 4.79 Å². The zero-order valence-corrected chi connectivity index (χ0v) is 15.4. The monoisotopic (exact) mass is 367 g/mol. The van der Waals surface area contributed by atoms with Gasteiger partial charge in [-0.15, -0.1) is 12.4 Å². The SMILES string of the molecule is CC1(C)CC(=O)c2c(nc3c(oc4ccccc43)c2-c2ccco2)C1.Cl. The first-order valence-corrected chi connectivity index (χ1v) is 8.45. The van der Waals surface area contributed by atoms with Crippen molar-refractivity contribution in [1.82, 2.24) is 4.98 Å². The molecule has 0 bridgehead atoms. The molecule has 0 N–H and O–H groups in total. The maximum atomic E-state index is 13.0. The minimum atomic E-state index is -0.0925. The normalized spacial score (nSPS) is 15.8. The molecule has 0 aliphatic heterocycles. The van der Waals surface area contributed by atoms with Gasteiger partial charge in [-0.25, -0.2) is 4.98 Å². The number of pyridine rings is 1. The number of carbonyl (C=O) groups is 1. The molecule has 0 spiro atoms. The third-order valence-corrected chi connectivity index (χ3v) is 4.91. The summed E-state index contributed by atoms with van der Waals surface area (Å²) in [6.07, 6.45) is 2.88. The number of para-hydroxylation sites is 1. The number of benzene rings is 1. The van der Waals surface area contributed by atoms with E-state index >= 15 is 0 Å². The summed E-state index contributed by atoms with van der Waals surface area (Å²) in [7, 11) is 0. The van der Waals surface area contributed by atoms with E-state index in [1.165, 1.54) is 0 Å². The van der Waals surface area contributed by atoms with Crippen molar-refractivity contribution < 1.29 is 13.6 Å². The Morgan fingerprint density at radius 3 is 2.62 bits per heavy atom. The molecular formula is C21H18ClNO3. The number of ketones is 1. The number of hydrogen-bond acceptors (Lipinski definition) is 4. The van der Waals surface area contributed by atoms with Gasteiger partial charge in [-0.2, -0.15) is 0 Å². The van der Waals surface area contributed by atoms with Crippen LogP contribution in [0.25, 0.3) is 33.4 Å². The van der Waals surface area contributed by atoms with Crippen molar-refractivity contribution in [2.24, 2.45) is 5.41 Å². The number of fused-ring (bicyclic) bond motifs is 4. The Morgan fingerprint density at radius 1 is 1.04 bits per heavy atom. The van der Waals surface area contributed by atoms with Gasteiger partial charge in [-0.3, -0.25) is 4.79 Å². The zero-order chi connectivity index (χ0) is 17.2. The Hall–Kier alpha value is -2.59. The summed E-state index contributed by atoms with van der Waals surface area (Å²) in [4.78, 5) is 17.8. The van der Waals surface area contributed by atoms with Crippen molar-refractivity contribution in [3.63, 3.8) is 0 Å². The molecule has 1 aromatic carbocycles. The molecule has 0 unspecified atom stereocenters. The summed E-state index contributed by atoms with van der Waals surface area (Å²) in [5.41, 5.74) is 4.33. The fourth-order valence-corrected chi connectivity index (χ4v) is 3.88. The third-order valence-electron chi connectivity index (χ3n) is 4.91. The molecular weight excluding hydrogens is 350 g/mol. The van der Waals surface area contributed by atoms with E-state index in [0.717, 1.165) is 34.2 Å². The molecule has 0 radical (unpaired) electrons. The number of Topliss-reactive ketones (excluding diaryl/α,β-unsaturated/α-hetero) is 1. The molecule has 132 valence electrons.